The van der Waals surface area contributed by atoms with E-state index in [1.165, 1.54) is 12.1 Å². The average molecular weight is 354 g/mol. The third-order valence-electron chi connectivity index (χ3n) is 4.09. The van der Waals surface area contributed by atoms with Crippen molar-refractivity contribution < 1.29 is 4.92 Å². The molecular weight excluding hydrogens is 340 g/mol. The van der Waals surface area contributed by atoms with E-state index in [1.807, 2.05) is 48.5 Å². The summed E-state index contributed by atoms with van der Waals surface area (Å²) in [5.74, 6) is 0. The van der Waals surface area contributed by atoms with Crippen LogP contribution in [0.2, 0.25) is 0 Å². The molecule has 0 aliphatic rings. The van der Waals surface area contributed by atoms with Gasteiger partial charge >= 0.3 is 0 Å². The summed E-state index contributed by atoms with van der Waals surface area (Å²) in [6.07, 6.45) is 3.44. The smallest absolute Gasteiger partial charge is 0.258 e. The van der Waals surface area contributed by atoms with Gasteiger partial charge in [-0.25, -0.2) is 4.98 Å². The number of nitrogens with zero attached hydrogens (tertiary/aromatic N) is 4. The Kier molecular flexibility index (Phi) is 4.37. The predicted octanol–water partition coefficient (Wildman–Crippen LogP) is 4.78. The molecule has 0 N–H and O–H groups in total. The standard InChI is InChI=1S/C21H14N4O2/c26-25(27)17-9-7-15(8-10-17)16-13-20(18-5-1-3-11-22-18)24-21(14-16)19-6-2-4-12-23-19/h1-14H. The van der Waals surface area contributed by atoms with Gasteiger partial charge < -0.3 is 0 Å². The Bertz CT molecular complexity index is 1020. The summed E-state index contributed by atoms with van der Waals surface area (Å²) < 4.78 is 0. The first-order valence-electron chi connectivity index (χ1n) is 8.30. The van der Waals surface area contributed by atoms with E-state index in [2.05, 4.69) is 9.97 Å². The SMILES string of the molecule is O=[N+]([O-])c1ccc(-c2cc(-c3ccccn3)nc(-c3ccccn3)c2)cc1. The lowest BCUT2D eigenvalue weighted by Crippen LogP contribution is -1.94. The van der Waals surface area contributed by atoms with Gasteiger partial charge in [0.1, 0.15) is 0 Å². The summed E-state index contributed by atoms with van der Waals surface area (Å²) >= 11 is 0. The summed E-state index contributed by atoms with van der Waals surface area (Å²) in [6, 6.07) is 21.6. The summed E-state index contributed by atoms with van der Waals surface area (Å²) in [5, 5.41) is 10.9. The molecule has 0 unspecified atom stereocenters. The molecule has 0 bridgehead atoms. The van der Waals surface area contributed by atoms with E-state index < -0.39 is 4.92 Å². The lowest BCUT2D eigenvalue weighted by molar-refractivity contribution is -0.384. The van der Waals surface area contributed by atoms with Crippen molar-refractivity contribution in [1.82, 2.24) is 15.0 Å². The second-order valence-electron chi connectivity index (χ2n) is 5.86. The van der Waals surface area contributed by atoms with Gasteiger partial charge in [0.25, 0.3) is 5.69 Å². The molecule has 6 heteroatoms. The molecule has 4 aromatic rings. The van der Waals surface area contributed by atoms with Crippen LogP contribution in [0.3, 0.4) is 0 Å². The minimum Gasteiger partial charge on any atom is -0.258 e. The van der Waals surface area contributed by atoms with Crippen LogP contribution in [0.1, 0.15) is 0 Å². The molecule has 6 nitrogen and oxygen atoms in total. The third-order valence-corrected chi connectivity index (χ3v) is 4.09. The van der Waals surface area contributed by atoms with Gasteiger partial charge in [0.2, 0.25) is 0 Å². The molecular formula is C21H14N4O2. The van der Waals surface area contributed by atoms with E-state index >= 15 is 0 Å². The normalized spacial score (nSPS) is 10.5. The fourth-order valence-electron chi connectivity index (χ4n) is 2.76. The first-order valence-corrected chi connectivity index (χ1v) is 8.30. The van der Waals surface area contributed by atoms with Gasteiger partial charge in [-0.05, 0) is 59.7 Å². The molecule has 1 aromatic carbocycles. The number of rotatable bonds is 4. The van der Waals surface area contributed by atoms with E-state index in [4.69, 9.17) is 4.98 Å². The first-order chi connectivity index (χ1) is 13.2. The number of aromatic nitrogens is 3. The molecule has 0 spiro atoms. The molecule has 0 saturated heterocycles. The van der Waals surface area contributed by atoms with Crippen LogP contribution < -0.4 is 0 Å². The summed E-state index contributed by atoms with van der Waals surface area (Å²) in [4.78, 5) is 24.0. The van der Waals surface area contributed by atoms with Crippen molar-refractivity contribution in [2.75, 3.05) is 0 Å². The van der Waals surface area contributed by atoms with Crippen molar-refractivity contribution in [1.29, 1.82) is 0 Å². The van der Waals surface area contributed by atoms with Crippen molar-refractivity contribution in [2.45, 2.75) is 0 Å². The predicted molar refractivity (Wildman–Crippen MR) is 103 cm³/mol. The van der Waals surface area contributed by atoms with Gasteiger partial charge in [-0.15, -0.1) is 0 Å². The molecule has 130 valence electrons. The van der Waals surface area contributed by atoms with Crippen LogP contribution in [-0.4, -0.2) is 19.9 Å². The lowest BCUT2D eigenvalue weighted by atomic mass is 10.0. The van der Waals surface area contributed by atoms with Crippen LogP contribution in [0.15, 0.2) is 85.2 Å². The maximum atomic E-state index is 10.9. The van der Waals surface area contributed by atoms with Crippen LogP contribution >= 0.6 is 0 Å². The lowest BCUT2D eigenvalue weighted by Gasteiger charge is -2.09. The Morgan fingerprint density at radius 2 is 1.22 bits per heavy atom. The number of hydrogen-bond donors (Lipinski definition) is 0. The Morgan fingerprint density at radius 1 is 0.667 bits per heavy atom. The van der Waals surface area contributed by atoms with E-state index in [1.54, 1.807) is 24.5 Å². The van der Waals surface area contributed by atoms with Crippen LogP contribution in [0.5, 0.6) is 0 Å². The van der Waals surface area contributed by atoms with Gasteiger partial charge in [0.15, 0.2) is 0 Å². The van der Waals surface area contributed by atoms with Crippen LogP contribution in [0, 0.1) is 10.1 Å². The van der Waals surface area contributed by atoms with Gasteiger partial charge in [-0.3, -0.25) is 20.1 Å². The molecule has 4 rings (SSSR count). The average Bonchev–Trinajstić information content (AvgIpc) is 2.75. The van der Waals surface area contributed by atoms with Crippen molar-refractivity contribution in [3.8, 4) is 33.9 Å². The van der Waals surface area contributed by atoms with E-state index in [0.29, 0.717) is 11.4 Å². The molecule has 0 aliphatic heterocycles. The topological polar surface area (TPSA) is 81.8 Å². The quantitative estimate of drug-likeness (QED) is 0.389. The van der Waals surface area contributed by atoms with Crippen molar-refractivity contribution in [3.05, 3.63) is 95.3 Å². The van der Waals surface area contributed by atoms with Crippen LogP contribution in [0.25, 0.3) is 33.9 Å². The fraction of sp³-hybridized carbons (Fsp3) is 0. The summed E-state index contributed by atoms with van der Waals surface area (Å²) in [6.45, 7) is 0. The fourth-order valence-corrected chi connectivity index (χ4v) is 2.76. The van der Waals surface area contributed by atoms with Gasteiger partial charge in [0, 0.05) is 24.5 Å². The number of nitro groups is 1. The molecule has 0 saturated carbocycles. The monoisotopic (exact) mass is 354 g/mol. The molecule has 0 atom stereocenters. The maximum absolute atomic E-state index is 10.9. The third kappa shape index (κ3) is 3.55. The number of nitro benzene ring substituents is 1. The van der Waals surface area contributed by atoms with E-state index in [9.17, 15) is 10.1 Å². The maximum Gasteiger partial charge on any atom is 0.269 e. The Morgan fingerprint density at radius 3 is 1.67 bits per heavy atom. The Balaban J connectivity index is 1.86. The minimum atomic E-state index is -0.408. The Hall–Kier alpha value is -3.93. The number of benzene rings is 1. The zero-order valence-corrected chi connectivity index (χ0v) is 14.2. The molecule has 0 amide bonds. The van der Waals surface area contributed by atoms with Gasteiger partial charge in [0.05, 0.1) is 27.7 Å². The van der Waals surface area contributed by atoms with E-state index in [-0.39, 0.29) is 5.69 Å². The Labute approximate surface area is 155 Å². The highest BCUT2D eigenvalue weighted by molar-refractivity contribution is 5.75. The van der Waals surface area contributed by atoms with Gasteiger partial charge in [-0.1, -0.05) is 12.1 Å². The highest BCUT2D eigenvalue weighted by atomic mass is 16.6. The van der Waals surface area contributed by atoms with E-state index in [0.717, 1.165) is 22.5 Å². The summed E-state index contributed by atoms with van der Waals surface area (Å²) in [7, 11) is 0. The van der Waals surface area contributed by atoms with Crippen molar-refractivity contribution >= 4 is 5.69 Å². The second kappa shape index (κ2) is 7.13. The molecule has 27 heavy (non-hydrogen) atoms. The molecule has 0 radical (unpaired) electrons. The first kappa shape index (κ1) is 16.5. The number of pyridine rings is 3. The number of non-ortho nitro benzene ring substituents is 1. The van der Waals surface area contributed by atoms with Crippen LogP contribution in [0.4, 0.5) is 5.69 Å². The molecule has 3 aromatic heterocycles. The zero-order valence-electron chi connectivity index (χ0n) is 14.2. The highest BCUT2D eigenvalue weighted by Crippen LogP contribution is 2.29. The molecule has 0 fully saturated rings. The van der Waals surface area contributed by atoms with Crippen molar-refractivity contribution in [3.63, 3.8) is 0 Å². The van der Waals surface area contributed by atoms with Gasteiger partial charge in [-0.2, -0.15) is 0 Å². The second-order valence-corrected chi connectivity index (χ2v) is 5.86. The zero-order chi connectivity index (χ0) is 18.6. The van der Waals surface area contributed by atoms with Crippen LogP contribution in [-0.2, 0) is 0 Å². The summed E-state index contributed by atoms with van der Waals surface area (Å²) in [5.41, 5.74) is 4.73. The minimum absolute atomic E-state index is 0.0581. The van der Waals surface area contributed by atoms with Crippen molar-refractivity contribution in [2.24, 2.45) is 0 Å². The number of hydrogen-bond acceptors (Lipinski definition) is 5. The molecule has 3 heterocycles. The highest BCUT2D eigenvalue weighted by Gasteiger charge is 2.11. The largest absolute Gasteiger partial charge is 0.269 e. The molecule has 0 aliphatic carbocycles.